The first-order valence-electron chi connectivity index (χ1n) is 7.01. The normalized spacial score (nSPS) is 18.0. The second-order valence-electron chi connectivity index (χ2n) is 4.98. The van der Waals surface area contributed by atoms with Crippen molar-refractivity contribution in [2.75, 3.05) is 39.8 Å². The van der Waals surface area contributed by atoms with Crippen LogP contribution >= 0.6 is 0 Å². The van der Waals surface area contributed by atoms with E-state index >= 15 is 0 Å². The number of nitrogens with one attached hydrogen (secondary N) is 1. The molecule has 1 unspecified atom stereocenters. The Kier molecular flexibility index (Phi) is 5.48. The van der Waals surface area contributed by atoms with Gasteiger partial charge < -0.3 is 19.7 Å². The standard InChI is InChI=1S/C15H24N2O2/c1-13(7-10-17-11-8-16-9-12-17)19-15-5-3-14(18-2)4-6-15/h3-6,13,16H,7-12H2,1-2H3. The van der Waals surface area contributed by atoms with E-state index in [0.29, 0.717) is 0 Å². The minimum absolute atomic E-state index is 0.239. The molecule has 106 valence electrons. The van der Waals surface area contributed by atoms with Gasteiger partial charge in [-0.25, -0.2) is 0 Å². The first-order chi connectivity index (χ1) is 9.28. The molecule has 0 bridgehead atoms. The number of rotatable bonds is 6. The van der Waals surface area contributed by atoms with Crippen molar-refractivity contribution in [2.24, 2.45) is 0 Å². The highest BCUT2D eigenvalue weighted by molar-refractivity contribution is 5.31. The van der Waals surface area contributed by atoms with E-state index in [0.717, 1.165) is 50.6 Å². The first-order valence-corrected chi connectivity index (χ1v) is 7.01. The number of benzene rings is 1. The topological polar surface area (TPSA) is 33.7 Å². The third-order valence-corrected chi connectivity index (χ3v) is 3.46. The molecule has 1 aliphatic rings. The van der Waals surface area contributed by atoms with Gasteiger partial charge in [-0.15, -0.1) is 0 Å². The molecule has 1 N–H and O–H groups in total. The van der Waals surface area contributed by atoms with E-state index in [4.69, 9.17) is 9.47 Å². The van der Waals surface area contributed by atoms with E-state index in [1.54, 1.807) is 7.11 Å². The van der Waals surface area contributed by atoms with E-state index in [1.807, 2.05) is 24.3 Å². The number of piperazine rings is 1. The molecular weight excluding hydrogens is 240 g/mol. The van der Waals surface area contributed by atoms with Gasteiger partial charge in [0.1, 0.15) is 11.5 Å². The molecule has 1 aromatic carbocycles. The fraction of sp³-hybridized carbons (Fsp3) is 0.600. The molecule has 1 aromatic rings. The lowest BCUT2D eigenvalue weighted by Crippen LogP contribution is -2.44. The van der Waals surface area contributed by atoms with Gasteiger partial charge in [0.2, 0.25) is 0 Å². The van der Waals surface area contributed by atoms with Crippen LogP contribution in [0.2, 0.25) is 0 Å². The summed E-state index contributed by atoms with van der Waals surface area (Å²) < 4.78 is 11.0. The third kappa shape index (κ3) is 4.73. The largest absolute Gasteiger partial charge is 0.497 e. The number of hydrogen-bond donors (Lipinski definition) is 1. The summed E-state index contributed by atoms with van der Waals surface area (Å²) in [5, 5.41) is 3.37. The lowest BCUT2D eigenvalue weighted by molar-refractivity contribution is 0.167. The molecule has 0 saturated carbocycles. The molecule has 0 aliphatic carbocycles. The van der Waals surface area contributed by atoms with Crippen molar-refractivity contribution >= 4 is 0 Å². The van der Waals surface area contributed by atoms with E-state index in [1.165, 1.54) is 0 Å². The van der Waals surface area contributed by atoms with E-state index in [2.05, 4.69) is 17.1 Å². The van der Waals surface area contributed by atoms with Crippen LogP contribution in [0, 0.1) is 0 Å². The van der Waals surface area contributed by atoms with Crippen molar-refractivity contribution in [1.82, 2.24) is 10.2 Å². The predicted octanol–water partition coefficient (Wildman–Crippen LogP) is 1.76. The Labute approximate surface area is 115 Å². The van der Waals surface area contributed by atoms with Gasteiger partial charge in [-0.3, -0.25) is 0 Å². The van der Waals surface area contributed by atoms with Gasteiger partial charge in [0.25, 0.3) is 0 Å². The first kappa shape index (κ1) is 14.2. The van der Waals surface area contributed by atoms with E-state index in [-0.39, 0.29) is 6.10 Å². The zero-order valence-corrected chi connectivity index (χ0v) is 11.9. The average molecular weight is 264 g/mol. The van der Waals surface area contributed by atoms with Crippen molar-refractivity contribution in [1.29, 1.82) is 0 Å². The smallest absolute Gasteiger partial charge is 0.119 e. The summed E-state index contributed by atoms with van der Waals surface area (Å²) in [7, 11) is 1.67. The predicted molar refractivity (Wildman–Crippen MR) is 77.0 cm³/mol. The van der Waals surface area contributed by atoms with Gasteiger partial charge in [-0.05, 0) is 37.6 Å². The Morgan fingerprint density at radius 2 is 1.79 bits per heavy atom. The number of ether oxygens (including phenoxy) is 2. The maximum atomic E-state index is 5.91. The lowest BCUT2D eigenvalue weighted by atomic mass is 10.2. The maximum absolute atomic E-state index is 5.91. The van der Waals surface area contributed by atoms with Crippen LogP contribution in [0.3, 0.4) is 0 Å². The maximum Gasteiger partial charge on any atom is 0.119 e. The van der Waals surface area contributed by atoms with Crippen LogP contribution < -0.4 is 14.8 Å². The minimum atomic E-state index is 0.239. The highest BCUT2D eigenvalue weighted by Gasteiger charge is 2.11. The molecule has 0 radical (unpaired) electrons. The SMILES string of the molecule is COc1ccc(OC(C)CCN2CCNCC2)cc1. The molecule has 1 atom stereocenters. The monoisotopic (exact) mass is 264 g/mol. The van der Waals surface area contributed by atoms with Crippen LogP contribution in [-0.4, -0.2) is 50.8 Å². The van der Waals surface area contributed by atoms with Gasteiger partial charge in [-0.2, -0.15) is 0 Å². The summed E-state index contributed by atoms with van der Waals surface area (Å²) in [6.45, 7) is 7.75. The highest BCUT2D eigenvalue weighted by Crippen LogP contribution is 2.18. The zero-order valence-electron chi connectivity index (χ0n) is 11.9. The Morgan fingerprint density at radius 3 is 2.42 bits per heavy atom. The van der Waals surface area contributed by atoms with E-state index in [9.17, 15) is 0 Å². The fourth-order valence-corrected chi connectivity index (χ4v) is 2.24. The lowest BCUT2D eigenvalue weighted by Gasteiger charge is -2.28. The Hall–Kier alpha value is -1.26. The van der Waals surface area contributed by atoms with Gasteiger partial charge in [0.15, 0.2) is 0 Å². The minimum Gasteiger partial charge on any atom is -0.497 e. The summed E-state index contributed by atoms with van der Waals surface area (Å²) >= 11 is 0. The molecule has 19 heavy (non-hydrogen) atoms. The van der Waals surface area contributed by atoms with Crippen LogP contribution in [0.4, 0.5) is 0 Å². The molecule has 2 rings (SSSR count). The summed E-state index contributed by atoms with van der Waals surface area (Å²) in [5.74, 6) is 1.77. The summed E-state index contributed by atoms with van der Waals surface area (Å²) in [5.41, 5.74) is 0. The summed E-state index contributed by atoms with van der Waals surface area (Å²) in [4.78, 5) is 2.49. The second kappa shape index (κ2) is 7.36. The van der Waals surface area contributed by atoms with Crippen LogP contribution in [0.15, 0.2) is 24.3 Å². The Bertz CT molecular complexity index is 361. The number of methoxy groups -OCH3 is 1. The molecular formula is C15H24N2O2. The molecule has 1 fully saturated rings. The Balaban J connectivity index is 1.71. The van der Waals surface area contributed by atoms with Crippen molar-refractivity contribution in [3.8, 4) is 11.5 Å². The van der Waals surface area contributed by atoms with E-state index < -0.39 is 0 Å². The molecule has 0 amide bonds. The summed E-state index contributed by atoms with van der Waals surface area (Å²) in [6.07, 6.45) is 1.30. The van der Waals surface area contributed by atoms with Gasteiger partial charge >= 0.3 is 0 Å². The number of nitrogens with zero attached hydrogens (tertiary/aromatic N) is 1. The van der Waals surface area contributed by atoms with Crippen molar-refractivity contribution < 1.29 is 9.47 Å². The van der Waals surface area contributed by atoms with Crippen LogP contribution in [0.25, 0.3) is 0 Å². The third-order valence-electron chi connectivity index (χ3n) is 3.46. The molecule has 0 aromatic heterocycles. The molecule has 4 nitrogen and oxygen atoms in total. The molecule has 1 heterocycles. The van der Waals surface area contributed by atoms with Gasteiger partial charge in [-0.1, -0.05) is 0 Å². The van der Waals surface area contributed by atoms with Crippen LogP contribution in [0.1, 0.15) is 13.3 Å². The van der Waals surface area contributed by atoms with Gasteiger partial charge in [0, 0.05) is 32.7 Å². The second-order valence-corrected chi connectivity index (χ2v) is 4.98. The average Bonchev–Trinajstić information content (AvgIpc) is 2.47. The molecule has 1 saturated heterocycles. The zero-order chi connectivity index (χ0) is 13.5. The Morgan fingerprint density at radius 1 is 1.16 bits per heavy atom. The van der Waals surface area contributed by atoms with Crippen molar-refractivity contribution in [3.63, 3.8) is 0 Å². The van der Waals surface area contributed by atoms with Crippen LogP contribution in [-0.2, 0) is 0 Å². The number of hydrogen-bond acceptors (Lipinski definition) is 4. The molecule has 1 aliphatic heterocycles. The fourth-order valence-electron chi connectivity index (χ4n) is 2.24. The highest BCUT2D eigenvalue weighted by atomic mass is 16.5. The molecule has 4 heteroatoms. The van der Waals surface area contributed by atoms with Crippen LogP contribution in [0.5, 0.6) is 11.5 Å². The van der Waals surface area contributed by atoms with Crippen molar-refractivity contribution in [3.05, 3.63) is 24.3 Å². The van der Waals surface area contributed by atoms with Gasteiger partial charge in [0.05, 0.1) is 13.2 Å². The molecule has 0 spiro atoms. The van der Waals surface area contributed by atoms with Crippen molar-refractivity contribution in [2.45, 2.75) is 19.4 Å². The quantitative estimate of drug-likeness (QED) is 0.849. The summed E-state index contributed by atoms with van der Waals surface area (Å²) in [6, 6.07) is 7.77.